The summed E-state index contributed by atoms with van der Waals surface area (Å²) >= 11 is 0. The summed E-state index contributed by atoms with van der Waals surface area (Å²) in [4.78, 5) is 0. The Morgan fingerprint density at radius 3 is 0.714 bits per heavy atom. The summed E-state index contributed by atoms with van der Waals surface area (Å²) in [7, 11) is 0. The van der Waals surface area contributed by atoms with Gasteiger partial charge in [0.15, 0.2) is 0 Å². The maximum absolute atomic E-state index is 0. The van der Waals surface area contributed by atoms with Crippen molar-refractivity contribution in [3.63, 3.8) is 0 Å². The molecule has 0 unspecified atom stereocenters. The molecular formula is H10BaO4TiV. The van der Waals surface area contributed by atoms with Gasteiger partial charge in [-0.2, -0.15) is 0 Å². The van der Waals surface area contributed by atoms with E-state index in [1.54, 1.807) is 0 Å². The summed E-state index contributed by atoms with van der Waals surface area (Å²) < 4.78 is 0. The first-order valence-electron chi connectivity index (χ1n) is 0. The van der Waals surface area contributed by atoms with Gasteiger partial charge >= 0.3 is 48.9 Å². The van der Waals surface area contributed by atoms with Crippen molar-refractivity contribution >= 4 is 48.9 Å². The van der Waals surface area contributed by atoms with E-state index in [9.17, 15) is 0 Å². The molecule has 0 aliphatic heterocycles. The first kappa shape index (κ1) is 100. The average Bonchev–Trinajstić information content (AvgIpc) is 0. The Labute approximate surface area is 112 Å². The van der Waals surface area contributed by atoms with Gasteiger partial charge in [-0.05, 0) is 0 Å². The largest absolute Gasteiger partial charge is 2.00 e. The second-order valence-corrected chi connectivity index (χ2v) is 0. The van der Waals surface area contributed by atoms with E-state index in [1.165, 1.54) is 0 Å². The molecule has 0 heterocycles. The molecule has 4 nitrogen and oxygen atoms in total. The zero-order valence-corrected chi connectivity index (χ0v) is 11.1. The quantitative estimate of drug-likeness (QED) is 0.412. The van der Waals surface area contributed by atoms with Crippen LogP contribution in [0.15, 0.2) is 0 Å². The summed E-state index contributed by atoms with van der Waals surface area (Å²) in [6.07, 6.45) is 0. The molecule has 0 saturated heterocycles. The third-order valence-corrected chi connectivity index (χ3v) is 0. The van der Waals surface area contributed by atoms with Gasteiger partial charge in [-0.3, -0.25) is 0 Å². The van der Waals surface area contributed by atoms with Crippen LogP contribution in [0, 0.1) is 0 Å². The van der Waals surface area contributed by atoms with Crippen molar-refractivity contribution in [3.05, 3.63) is 0 Å². The first-order valence-corrected chi connectivity index (χ1v) is 0. The SMILES string of the molecule is O.O.O.O.[Ba+2].[H-].[H-].[Ti].[V]. The molecule has 8 N–H and O–H groups in total. The topological polar surface area (TPSA) is 126 Å². The smallest absolute Gasteiger partial charge is 1.00 e. The molecule has 45 valence electrons. The Balaban J connectivity index is 0. The Kier molecular flexibility index (Phi) is 1010. The van der Waals surface area contributed by atoms with Crippen LogP contribution >= 0.6 is 0 Å². The van der Waals surface area contributed by atoms with Crippen LogP contribution in [-0.4, -0.2) is 70.8 Å². The Morgan fingerprint density at radius 2 is 0.714 bits per heavy atom. The van der Waals surface area contributed by atoms with E-state index in [-0.39, 0.29) is 114 Å². The molecule has 0 saturated carbocycles. The molecule has 0 amide bonds. The van der Waals surface area contributed by atoms with Crippen molar-refractivity contribution in [1.82, 2.24) is 0 Å². The van der Waals surface area contributed by atoms with Crippen LogP contribution in [0.5, 0.6) is 0 Å². The van der Waals surface area contributed by atoms with Gasteiger partial charge in [0.25, 0.3) is 0 Å². The van der Waals surface area contributed by atoms with Gasteiger partial charge in [-0.1, -0.05) is 0 Å². The summed E-state index contributed by atoms with van der Waals surface area (Å²) in [5.74, 6) is 0. The predicted octanol–water partition coefficient (Wildman–Crippen LogP) is -3.46. The maximum Gasteiger partial charge on any atom is 2.00 e. The molecule has 1 radical (unpaired) electrons. The van der Waals surface area contributed by atoms with Crippen LogP contribution in [0.3, 0.4) is 0 Å². The normalized spacial score (nSPS) is 0. The van der Waals surface area contributed by atoms with Crippen LogP contribution in [0.4, 0.5) is 0 Å². The molecule has 0 aliphatic rings. The molecule has 0 fully saturated rings. The molecule has 0 rings (SSSR count). The third kappa shape index (κ3) is 53.4. The van der Waals surface area contributed by atoms with Crippen molar-refractivity contribution in [2.75, 3.05) is 0 Å². The molecular weight excluding hydrogens is 300 g/mol. The molecule has 0 aromatic rings. The second-order valence-electron chi connectivity index (χ2n) is 0. The van der Waals surface area contributed by atoms with E-state index in [0.29, 0.717) is 0 Å². The Morgan fingerprint density at radius 1 is 0.714 bits per heavy atom. The second kappa shape index (κ2) is 70.5. The van der Waals surface area contributed by atoms with Crippen LogP contribution < -0.4 is 0 Å². The van der Waals surface area contributed by atoms with Gasteiger partial charge in [0, 0.05) is 40.3 Å². The van der Waals surface area contributed by atoms with E-state index in [4.69, 9.17) is 0 Å². The fourth-order valence-corrected chi connectivity index (χ4v) is 0. The van der Waals surface area contributed by atoms with Gasteiger partial charge in [0.05, 0.1) is 0 Å². The van der Waals surface area contributed by atoms with Crippen molar-refractivity contribution < 1.29 is 65.0 Å². The van der Waals surface area contributed by atoms with Crippen LogP contribution in [0.2, 0.25) is 0 Å². The van der Waals surface area contributed by atoms with Crippen LogP contribution in [0.1, 0.15) is 2.85 Å². The predicted molar refractivity (Wildman–Crippen MR) is 22.4 cm³/mol. The molecule has 0 bridgehead atoms. The first-order chi connectivity index (χ1) is 0. The molecule has 0 spiro atoms. The van der Waals surface area contributed by atoms with Crippen molar-refractivity contribution in [3.8, 4) is 0 Å². The summed E-state index contributed by atoms with van der Waals surface area (Å²) in [5.41, 5.74) is 0. The third-order valence-electron chi connectivity index (χ3n) is 0. The van der Waals surface area contributed by atoms with Crippen LogP contribution in [-0.2, 0) is 40.3 Å². The molecule has 7 heavy (non-hydrogen) atoms. The number of hydrogen-bond acceptors (Lipinski definition) is 0. The fourth-order valence-electron chi connectivity index (χ4n) is 0. The van der Waals surface area contributed by atoms with E-state index in [2.05, 4.69) is 0 Å². The van der Waals surface area contributed by atoms with Gasteiger partial charge < -0.3 is 24.8 Å². The fraction of sp³-hybridized carbons (Fsp3) is 0. The minimum absolute atomic E-state index is 0. The maximum atomic E-state index is 0. The van der Waals surface area contributed by atoms with E-state index < -0.39 is 0 Å². The van der Waals surface area contributed by atoms with E-state index in [1.807, 2.05) is 0 Å². The molecule has 7 heteroatoms. The molecule has 0 aliphatic carbocycles. The minimum atomic E-state index is 0. The van der Waals surface area contributed by atoms with Gasteiger partial charge in [0.2, 0.25) is 0 Å². The van der Waals surface area contributed by atoms with Gasteiger partial charge in [-0.25, -0.2) is 0 Å². The zero-order valence-electron chi connectivity index (χ0n) is 5.65. The number of hydrogen-bond donors (Lipinski definition) is 0. The summed E-state index contributed by atoms with van der Waals surface area (Å²) in [6.45, 7) is 0. The number of rotatable bonds is 0. The monoisotopic (exact) mass is 311 g/mol. The molecule has 0 aromatic carbocycles. The van der Waals surface area contributed by atoms with Crippen molar-refractivity contribution in [1.29, 1.82) is 0 Å². The summed E-state index contributed by atoms with van der Waals surface area (Å²) in [6, 6.07) is 0. The zero-order chi connectivity index (χ0) is 0. The van der Waals surface area contributed by atoms with E-state index >= 15 is 0 Å². The Hall–Kier alpha value is 2.71. The van der Waals surface area contributed by atoms with Crippen molar-refractivity contribution in [2.45, 2.75) is 0 Å². The van der Waals surface area contributed by atoms with Gasteiger partial charge in [0.1, 0.15) is 0 Å². The summed E-state index contributed by atoms with van der Waals surface area (Å²) in [5, 5.41) is 0. The van der Waals surface area contributed by atoms with E-state index in [0.717, 1.165) is 0 Å². The molecule has 0 aromatic heterocycles. The Bertz CT molecular complexity index is 18.5. The van der Waals surface area contributed by atoms with Gasteiger partial charge in [-0.15, -0.1) is 0 Å². The standard InChI is InChI=1S/Ba.4H2O.Ti.V.2H/h;4*1H2;;;;/q+2;;;;;;;2*-1. The van der Waals surface area contributed by atoms with Crippen LogP contribution in [0.25, 0.3) is 0 Å². The molecule has 0 atom stereocenters. The average molecular weight is 310 g/mol. The minimum Gasteiger partial charge on any atom is -1.00 e. The van der Waals surface area contributed by atoms with Crippen molar-refractivity contribution in [2.24, 2.45) is 0 Å².